The summed E-state index contributed by atoms with van der Waals surface area (Å²) in [6, 6.07) is 15.3. The first kappa shape index (κ1) is 19.7. The Labute approximate surface area is 165 Å². The van der Waals surface area contributed by atoms with Crippen molar-refractivity contribution in [1.82, 2.24) is 10.2 Å². The third kappa shape index (κ3) is 5.47. The third-order valence-electron chi connectivity index (χ3n) is 4.88. The quantitative estimate of drug-likeness (QED) is 0.714. The lowest BCUT2D eigenvalue weighted by atomic mass is 10.1. The van der Waals surface area contributed by atoms with Crippen molar-refractivity contribution in [2.24, 2.45) is 0 Å². The molecule has 3 N–H and O–H groups in total. The van der Waals surface area contributed by atoms with Gasteiger partial charge in [0.25, 0.3) is 0 Å². The highest BCUT2D eigenvalue weighted by Gasteiger charge is 2.20. The predicted molar refractivity (Wildman–Crippen MR) is 110 cm³/mol. The van der Waals surface area contributed by atoms with E-state index in [1.807, 2.05) is 54.6 Å². The van der Waals surface area contributed by atoms with Crippen LogP contribution in [-0.2, 0) is 11.2 Å². The van der Waals surface area contributed by atoms with Crippen molar-refractivity contribution in [3.8, 4) is 0 Å². The van der Waals surface area contributed by atoms with Gasteiger partial charge in [0.2, 0.25) is 0 Å². The van der Waals surface area contributed by atoms with Crippen LogP contribution in [0.2, 0.25) is 0 Å². The largest absolute Gasteiger partial charge is 0.480 e. The number of amides is 2. The van der Waals surface area contributed by atoms with Crippen LogP contribution in [0, 0.1) is 0 Å². The van der Waals surface area contributed by atoms with E-state index in [0.29, 0.717) is 5.69 Å². The minimum absolute atomic E-state index is 0.228. The molecule has 0 aliphatic carbocycles. The lowest BCUT2D eigenvalue weighted by molar-refractivity contribution is -0.139. The molecule has 2 aromatic carbocycles. The zero-order valence-electron chi connectivity index (χ0n) is 16.0. The molecule has 0 aromatic heterocycles. The number of hydrogen-bond acceptors (Lipinski definition) is 4. The molecule has 7 nitrogen and oxygen atoms in total. The van der Waals surface area contributed by atoms with Crippen LogP contribution in [0.25, 0.3) is 0 Å². The van der Waals surface area contributed by atoms with Crippen molar-refractivity contribution in [1.29, 1.82) is 0 Å². The SMILES string of the molecule is CN1CCN(c2ccc(NC(=O)NC(Cc3ccccc3)C(=O)O)cc2)CC1. The molecule has 1 saturated heterocycles. The van der Waals surface area contributed by atoms with Gasteiger partial charge in [0, 0.05) is 44.0 Å². The van der Waals surface area contributed by atoms with Crippen LogP contribution < -0.4 is 15.5 Å². The Morgan fingerprint density at radius 3 is 2.25 bits per heavy atom. The number of urea groups is 1. The van der Waals surface area contributed by atoms with Gasteiger partial charge in [-0.15, -0.1) is 0 Å². The molecule has 1 unspecified atom stereocenters. The van der Waals surface area contributed by atoms with Gasteiger partial charge in [-0.25, -0.2) is 9.59 Å². The zero-order chi connectivity index (χ0) is 19.9. The van der Waals surface area contributed by atoms with Crippen LogP contribution in [0.1, 0.15) is 5.56 Å². The number of hydrogen-bond donors (Lipinski definition) is 3. The maximum atomic E-state index is 12.2. The first-order valence-electron chi connectivity index (χ1n) is 9.39. The van der Waals surface area contributed by atoms with E-state index in [1.54, 1.807) is 0 Å². The maximum Gasteiger partial charge on any atom is 0.326 e. The number of nitrogens with one attached hydrogen (secondary N) is 2. The molecule has 0 radical (unpaired) electrons. The molecule has 148 valence electrons. The van der Waals surface area contributed by atoms with Crippen LogP contribution in [0.3, 0.4) is 0 Å². The molecule has 0 saturated carbocycles. The van der Waals surface area contributed by atoms with E-state index >= 15 is 0 Å². The lowest BCUT2D eigenvalue weighted by Gasteiger charge is -2.34. The number of carboxylic acid groups (broad SMARTS) is 1. The number of benzene rings is 2. The van der Waals surface area contributed by atoms with Crippen molar-refractivity contribution < 1.29 is 14.7 Å². The van der Waals surface area contributed by atoms with Crippen LogP contribution in [0.15, 0.2) is 54.6 Å². The normalized spacial score (nSPS) is 15.7. The number of carboxylic acids is 1. The summed E-state index contributed by atoms with van der Waals surface area (Å²) in [6.45, 7) is 4.01. The number of anilines is 2. The fourth-order valence-electron chi connectivity index (χ4n) is 3.20. The fourth-order valence-corrected chi connectivity index (χ4v) is 3.20. The Hall–Kier alpha value is -3.06. The number of rotatable bonds is 6. The number of aliphatic carboxylic acids is 1. The smallest absolute Gasteiger partial charge is 0.326 e. The molecule has 7 heteroatoms. The Kier molecular flexibility index (Phi) is 6.49. The van der Waals surface area contributed by atoms with E-state index in [-0.39, 0.29) is 6.42 Å². The number of carbonyl (C=O) groups excluding carboxylic acids is 1. The van der Waals surface area contributed by atoms with Gasteiger partial charge >= 0.3 is 12.0 Å². The van der Waals surface area contributed by atoms with E-state index in [9.17, 15) is 14.7 Å². The highest BCUT2D eigenvalue weighted by atomic mass is 16.4. The second-order valence-electron chi connectivity index (χ2n) is 7.02. The van der Waals surface area contributed by atoms with Gasteiger partial charge in [-0.3, -0.25) is 0 Å². The fraction of sp³-hybridized carbons (Fsp3) is 0.333. The van der Waals surface area contributed by atoms with Crippen molar-refractivity contribution in [3.63, 3.8) is 0 Å². The highest BCUT2D eigenvalue weighted by Crippen LogP contribution is 2.19. The molecule has 0 spiro atoms. The second kappa shape index (κ2) is 9.23. The molecular weight excluding hydrogens is 356 g/mol. The van der Waals surface area contributed by atoms with Gasteiger partial charge < -0.3 is 25.5 Å². The van der Waals surface area contributed by atoms with Crippen molar-refractivity contribution in [2.75, 3.05) is 43.4 Å². The Balaban J connectivity index is 1.55. The maximum absolute atomic E-state index is 12.2. The first-order valence-corrected chi connectivity index (χ1v) is 9.39. The summed E-state index contributed by atoms with van der Waals surface area (Å²) >= 11 is 0. The monoisotopic (exact) mass is 382 g/mol. The summed E-state index contributed by atoms with van der Waals surface area (Å²) < 4.78 is 0. The van der Waals surface area contributed by atoms with Crippen LogP contribution in [-0.4, -0.2) is 61.3 Å². The summed E-state index contributed by atoms with van der Waals surface area (Å²) in [7, 11) is 2.12. The van der Waals surface area contributed by atoms with E-state index in [2.05, 4.69) is 27.5 Å². The molecule has 1 aliphatic heterocycles. The van der Waals surface area contributed by atoms with E-state index in [1.165, 1.54) is 0 Å². The van der Waals surface area contributed by atoms with Crippen LogP contribution in [0.4, 0.5) is 16.2 Å². The van der Waals surface area contributed by atoms with Gasteiger partial charge in [-0.05, 0) is 36.9 Å². The van der Waals surface area contributed by atoms with E-state index in [0.717, 1.165) is 37.4 Å². The molecule has 3 rings (SSSR count). The molecule has 2 aromatic rings. The summed E-state index contributed by atoms with van der Waals surface area (Å²) in [6.07, 6.45) is 0.228. The minimum Gasteiger partial charge on any atom is -0.480 e. The third-order valence-corrected chi connectivity index (χ3v) is 4.88. The van der Waals surface area contributed by atoms with Gasteiger partial charge in [0.1, 0.15) is 6.04 Å². The molecule has 2 amide bonds. The topological polar surface area (TPSA) is 84.9 Å². The molecular formula is C21H26N4O3. The number of piperazine rings is 1. The summed E-state index contributed by atoms with van der Waals surface area (Å²) in [5.74, 6) is -1.07. The highest BCUT2D eigenvalue weighted by molar-refractivity contribution is 5.92. The van der Waals surface area contributed by atoms with Gasteiger partial charge in [0.05, 0.1) is 0 Å². The molecule has 1 heterocycles. The predicted octanol–water partition coefficient (Wildman–Crippen LogP) is 2.26. The second-order valence-corrected chi connectivity index (χ2v) is 7.02. The number of carbonyl (C=O) groups is 2. The minimum atomic E-state index is -1.07. The van der Waals surface area contributed by atoms with Gasteiger partial charge in [0.15, 0.2) is 0 Å². The van der Waals surface area contributed by atoms with Crippen LogP contribution in [0.5, 0.6) is 0 Å². The summed E-state index contributed by atoms with van der Waals surface area (Å²) in [5.41, 5.74) is 2.59. The van der Waals surface area contributed by atoms with Gasteiger partial charge in [-0.1, -0.05) is 30.3 Å². The average molecular weight is 382 g/mol. The number of nitrogens with zero attached hydrogens (tertiary/aromatic N) is 2. The van der Waals surface area contributed by atoms with Crippen LogP contribution >= 0.6 is 0 Å². The molecule has 1 aliphatic rings. The average Bonchev–Trinajstić information content (AvgIpc) is 2.69. The molecule has 28 heavy (non-hydrogen) atoms. The van der Waals surface area contributed by atoms with Gasteiger partial charge in [-0.2, -0.15) is 0 Å². The Morgan fingerprint density at radius 2 is 1.64 bits per heavy atom. The zero-order valence-corrected chi connectivity index (χ0v) is 16.0. The molecule has 1 atom stereocenters. The summed E-state index contributed by atoms with van der Waals surface area (Å²) in [5, 5.41) is 14.6. The lowest BCUT2D eigenvalue weighted by Crippen LogP contribution is -2.44. The molecule has 0 bridgehead atoms. The van der Waals surface area contributed by atoms with E-state index < -0.39 is 18.0 Å². The standard InChI is InChI=1S/C21H26N4O3/c1-24-11-13-25(14-12-24)18-9-7-17(8-10-18)22-21(28)23-19(20(26)27)15-16-5-3-2-4-6-16/h2-10,19H,11-15H2,1H3,(H,26,27)(H2,22,23,28). The number of likely N-dealkylation sites (N-methyl/N-ethyl adjacent to an activating group) is 1. The van der Waals surface area contributed by atoms with E-state index in [4.69, 9.17) is 0 Å². The summed E-state index contributed by atoms with van der Waals surface area (Å²) in [4.78, 5) is 28.3. The Morgan fingerprint density at radius 1 is 1.00 bits per heavy atom. The first-order chi connectivity index (χ1) is 13.5. The Bertz CT molecular complexity index is 787. The van der Waals surface area contributed by atoms with Crippen molar-refractivity contribution in [3.05, 3.63) is 60.2 Å². The molecule has 1 fully saturated rings. The van der Waals surface area contributed by atoms with Crippen molar-refractivity contribution >= 4 is 23.4 Å². The van der Waals surface area contributed by atoms with Crippen molar-refractivity contribution in [2.45, 2.75) is 12.5 Å².